The molecule has 20 heavy (non-hydrogen) atoms. The van der Waals surface area contributed by atoms with Crippen molar-refractivity contribution in [2.24, 2.45) is 0 Å². The predicted molar refractivity (Wildman–Crippen MR) is 80.3 cm³/mol. The molecule has 0 fully saturated rings. The van der Waals surface area contributed by atoms with Gasteiger partial charge in [0.15, 0.2) is 0 Å². The van der Waals surface area contributed by atoms with E-state index < -0.39 is 0 Å². The van der Waals surface area contributed by atoms with E-state index in [4.69, 9.17) is 4.74 Å². The quantitative estimate of drug-likeness (QED) is 0.780. The molecule has 3 nitrogen and oxygen atoms in total. The van der Waals surface area contributed by atoms with E-state index in [9.17, 15) is 5.11 Å². The third-order valence-electron chi connectivity index (χ3n) is 3.36. The molecule has 0 saturated carbocycles. The molecule has 0 aliphatic rings. The molecule has 102 valence electrons. The van der Waals surface area contributed by atoms with Crippen molar-refractivity contribution in [3.8, 4) is 11.5 Å². The van der Waals surface area contributed by atoms with Gasteiger partial charge in [-0.3, -0.25) is 0 Å². The molecule has 1 aromatic heterocycles. The van der Waals surface area contributed by atoms with Crippen molar-refractivity contribution in [2.75, 3.05) is 6.61 Å². The number of aromatic nitrogens is 1. The summed E-state index contributed by atoms with van der Waals surface area (Å²) in [6.07, 6.45) is 2.07. The number of fused-ring (bicyclic) bond motifs is 1. The number of rotatable bonds is 4. The Morgan fingerprint density at radius 2 is 1.85 bits per heavy atom. The van der Waals surface area contributed by atoms with Gasteiger partial charge >= 0.3 is 0 Å². The minimum absolute atomic E-state index is 0.296. The molecule has 3 rings (SSSR count). The first-order valence-electron chi connectivity index (χ1n) is 6.76. The van der Waals surface area contributed by atoms with E-state index in [1.165, 1.54) is 0 Å². The summed E-state index contributed by atoms with van der Waals surface area (Å²) in [7, 11) is 0. The molecule has 1 N–H and O–H groups in total. The third kappa shape index (κ3) is 2.35. The third-order valence-corrected chi connectivity index (χ3v) is 3.36. The van der Waals surface area contributed by atoms with E-state index in [2.05, 4.69) is 22.9 Å². The molecule has 0 saturated heterocycles. The van der Waals surface area contributed by atoms with Crippen LogP contribution in [0.3, 0.4) is 0 Å². The number of phenolic OH excluding ortho intramolecular Hbond substituents is 1. The van der Waals surface area contributed by atoms with Crippen molar-refractivity contribution in [3.63, 3.8) is 0 Å². The predicted octanol–water partition coefficient (Wildman–Crippen LogP) is 3.79. The molecule has 3 heteroatoms. The zero-order valence-electron chi connectivity index (χ0n) is 11.4. The zero-order chi connectivity index (χ0) is 13.9. The fourth-order valence-electron chi connectivity index (χ4n) is 2.41. The normalized spacial score (nSPS) is 10.8. The number of hydrogen-bond donors (Lipinski definition) is 1. The molecular formula is C17H17NO2. The highest BCUT2D eigenvalue weighted by Gasteiger charge is 2.06. The first-order chi connectivity index (χ1) is 9.78. The Balaban J connectivity index is 1.96. The van der Waals surface area contributed by atoms with Crippen LogP contribution >= 0.6 is 0 Å². The van der Waals surface area contributed by atoms with Gasteiger partial charge < -0.3 is 14.4 Å². The Hall–Kier alpha value is -2.42. The average molecular weight is 267 g/mol. The second-order valence-corrected chi connectivity index (χ2v) is 4.73. The van der Waals surface area contributed by atoms with Crippen LogP contribution in [0.25, 0.3) is 10.9 Å². The van der Waals surface area contributed by atoms with Gasteiger partial charge in [-0.1, -0.05) is 18.2 Å². The van der Waals surface area contributed by atoms with Crippen molar-refractivity contribution in [3.05, 3.63) is 60.3 Å². The van der Waals surface area contributed by atoms with Gasteiger partial charge in [0.1, 0.15) is 11.5 Å². The Bertz CT molecular complexity index is 713. The van der Waals surface area contributed by atoms with E-state index >= 15 is 0 Å². The number of hydrogen-bond acceptors (Lipinski definition) is 2. The van der Waals surface area contributed by atoms with E-state index in [-0.39, 0.29) is 0 Å². The molecule has 0 amide bonds. The van der Waals surface area contributed by atoms with E-state index in [1.807, 2.05) is 31.2 Å². The molecule has 0 atom stereocenters. The summed E-state index contributed by atoms with van der Waals surface area (Å²) in [6, 6.07) is 15.5. The Labute approximate surface area is 118 Å². The summed E-state index contributed by atoms with van der Waals surface area (Å²) < 4.78 is 7.84. The van der Waals surface area contributed by atoms with Crippen LogP contribution in [0.5, 0.6) is 11.5 Å². The van der Waals surface area contributed by atoms with Crippen molar-refractivity contribution >= 4 is 10.9 Å². The summed E-state index contributed by atoms with van der Waals surface area (Å²) in [5, 5.41) is 10.5. The largest absolute Gasteiger partial charge is 0.508 e. The van der Waals surface area contributed by atoms with Gasteiger partial charge in [-0.25, -0.2) is 0 Å². The SMILES string of the molecule is CCOc1cccc2c1ccn2Cc1ccc(O)cc1. The van der Waals surface area contributed by atoms with Crippen LogP contribution in [-0.2, 0) is 6.54 Å². The van der Waals surface area contributed by atoms with E-state index in [0.717, 1.165) is 28.8 Å². The average Bonchev–Trinajstić information content (AvgIpc) is 2.86. The Morgan fingerprint density at radius 1 is 1.05 bits per heavy atom. The number of benzene rings is 2. The highest BCUT2D eigenvalue weighted by molar-refractivity contribution is 5.86. The maximum atomic E-state index is 9.33. The minimum Gasteiger partial charge on any atom is -0.508 e. The molecule has 0 bridgehead atoms. The lowest BCUT2D eigenvalue weighted by molar-refractivity contribution is 0.344. The highest BCUT2D eigenvalue weighted by Crippen LogP contribution is 2.27. The van der Waals surface area contributed by atoms with Gasteiger partial charge in [0.25, 0.3) is 0 Å². The lowest BCUT2D eigenvalue weighted by atomic mass is 10.2. The van der Waals surface area contributed by atoms with Crippen molar-refractivity contribution in [2.45, 2.75) is 13.5 Å². The topological polar surface area (TPSA) is 34.4 Å². The molecule has 2 aromatic carbocycles. The highest BCUT2D eigenvalue weighted by atomic mass is 16.5. The van der Waals surface area contributed by atoms with Crippen LogP contribution in [0.15, 0.2) is 54.7 Å². The maximum Gasteiger partial charge on any atom is 0.128 e. The first-order valence-corrected chi connectivity index (χ1v) is 6.76. The number of nitrogens with zero attached hydrogens (tertiary/aromatic N) is 1. The Kier molecular flexibility index (Phi) is 3.33. The molecular weight excluding hydrogens is 250 g/mol. The van der Waals surface area contributed by atoms with Gasteiger partial charge in [-0.05, 0) is 42.8 Å². The second kappa shape index (κ2) is 5.29. The minimum atomic E-state index is 0.296. The fourth-order valence-corrected chi connectivity index (χ4v) is 2.41. The Morgan fingerprint density at radius 3 is 2.60 bits per heavy atom. The van der Waals surface area contributed by atoms with Gasteiger partial charge in [-0.15, -0.1) is 0 Å². The van der Waals surface area contributed by atoms with Gasteiger partial charge in [0.05, 0.1) is 12.1 Å². The smallest absolute Gasteiger partial charge is 0.128 e. The van der Waals surface area contributed by atoms with E-state index in [1.54, 1.807) is 12.1 Å². The van der Waals surface area contributed by atoms with Crippen LogP contribution in [0.4, 0.5) is 0 Å². The van der Waals surface area contributed by atoms with Crippen LogP contribution < -0.4 is 4.74 Å². The van der Waals surface area contributed by atoms with E-state index in [0.29, 0.717) is 12.4 Å². The lowest BCUT2D eigenvalue weighted by Gasteiger charge is -2.08. The molecule has 3 aromatic rings. The lowest BCUT2D eigenvalue weighted by Crippen LogP contribution is -1.98. The van der Waals surface area contributed by atoms with Crippen molar-refractivity contribution in [1.82, 2.24) is 4.57 Å². The number of aromatic hydroxyl groups is 1. The standard InChI is InChI=1S/C17H17NO2/c1-2-20-17-5-3-4-16-15(17)10-11-18(16)12-13-6-8-14(19)9-7-13/h3-11,19H,2,12H2,1H3. The number of phenols is 1. The first kappa shape index (κ1) is 12.6. The monoisotopic (exact) mass is 267 g/mol. The summed E-state index contributed by atoms with van der Waals surface area (Å²) >= 11 is 0. The van der Waals surface area contributed by atoms with Crippen LogP contribution in [0.1, 0.15) is 12.5 Å². The molecule has 0 unspecified atom stereocenters. The van der Waals surface area contributed by atoms with Crippen LogP contribution in [0.2, 0.25) is 0 Å². The van der Waals surface area contributed by atoms with Gasteiger partial charge in [0, 0.05) is 18.1 Å². The molecule has 0 spiro atoms. The van der Waals surface area contributed by atoms with Gasteiger partial charge in [0.2, 0.25) is 0 Å². The number of ether oxygens (including phenoxy) is 1. The van der Waals surface area contributed by atoms with Crippen molar-refractivity contribution in [1.29, 1.82) is 0 Å². The maximum absolute atomic E-state index is 9.33. The van der Waals surface area contributed by atoms with Crippen LogP contribution in [-0.4, -0.2) is 16.3 Å². The molecule has 0 aliphatic heterocycles. The summed E-state index contributed by atoms with van der Waals surface area (Å²) in [6.45, 7) is 3.44. The fraction of sp³-hybridized carbons (Fsp3) is 0.176. The van der Waals surface area contributed by atoms with Gasteiger partial charge in [-0.2, -0.15) is 0 Å². The summed E-state index contributed by atoms with van der Waals surface area (Å²) in [5.41, 5.74) is 2.31. The van der Waals surface area contributed by atoms with Crippen LogP contribution in [0, 0.1) is 0 Å². The summed E-state index contributed by atoms with van der Waals surface area (Å²) in [5.74, 6) is 1.22. The second-order valence-electron chi connectivity index (χ2n) is 4.73. The molecule has 1 heterocycles. The van der Waals surface area contributed by atoms with Crippen molar-refractivity contribution < 1.29 is 9.84 Å². The molecule has 0 aliphatic carbocycles. The molecule has 0 radical (unpaired) electrons. The zero-order valence-corrected chi connectivity index (χ0v) is 11.4. The summed E-state index contributed by atoms with van der Waals surface area (Å²) in [4.78, 5) is 0.